The molecule has 0 aliphatic carbocycles. The molecule has 1 saturated heterocycles. The summed E-state index contributed by atoms with van der Waals surface area (Å²) in [5, 5.41) is 1.03. The van der Waals surface area contributed by atoms with Crippen molar-refractivity contribution in [3.8, 4) is 11.5 Å². The largest absolute Gasteiger partial charge is 0.496 e. The third-order valence-corrected chi connectivity index (χ3v) is 8.80. The Labute approximate surface area is 256 Å². The van der Waals surface area contributed by atoms with Crippen molar-refractivity contribution in [3.63, 3.8) is 0 Å². The van der Waals surface area contributed by atoms with Gasteiger partial charge in [0.25, 0.3) is 0 Å². The lowest BCUT2D eigenvalue weighted by atomic mass is 9.91. The number of aryl methyl sites for hydroxylation is 1. The summed E-state index contributed by atoms with van der Waals surface area (Å²) in [5.74, 6) is -11.8. The molecule has 1 unspecified atom stereocenters. The number of nitrogens with zero attached hydrogens (tertiary/aromatic N) is 1. The van der Waals surface area contributed by atoms with Gasteiger partial charge in [-0.1, -0.05) is 12.1 Å². The van der Waals surface area contributed by atoms with Gasteiger partial charge in [-0.25, -0.2) is 13.6 Å². The molecule has 1 aliphatic rings. The van der Waals surface area contributed by atoms with Crippen molar-refractivity contribution in [3.05, 3.63) is 88.1 Å². The fourth-order valence-electron chi connectivity index (χ4n) is 5.79. The van der Waals surface area contributed by atoms with Crippen LogP contribution in [0.2, 0.25) is 0 Å². The molecule has 1 fully saturated rings. The highest BCUT2D eigenvalue weighted by Gasteiger charge is 2.35. The van der Waals surface area contributed by atoms with E-state index in [1.807, 2.05) is 32.2 Å². The molecule has 2 heterocycles. The van der Waals surface area contributed by atoms with Gasteiger partial charge in [0.15, 0.2) is 16.5 Å². The number of likely N-dealkylation sites (tertiary alicyclic amines) is 1. The summed E-state index contributed by atoms with van der Waals surface area (Å²) in [6, 6.07) is 9.77. The molecule has 0 amide bonds. The van der Waals surface area contributed by atoms with Gasteiger partial charge in [0.05, 0.1) is 18.8 Å². The van der Waals surface area contributed by atoms with Crippen molar-refractivity contribution in [2.75, 3.05) is 20.3 Å². The number of esters is 1. The van der Waals surface area contributed by atoms with Gasteiger partial charge >= 0.3 is 16.1 Å². The van der Waals surface area contributed by atoms with Crippen molar-refractivity contribution < 1.29 is 49.5 Å². The Morgan fingerprint density at radius 1 is 1.07 bits per heavy atom. The third-order valence-electron chi connectivity index (χ3n) is 7.93. The van der Waals surface area contributed by atoms with Gasteiger partial charge in [0.2, 0.25) is 17.4 Å². The number of methoxy groups -OCH3 is 1. The molecule has 2 N–H and O–H groups in total. The molecular weight excluding hydrogens is 620 g/mol. The smallest absolute Gasteiger partial charge is 0.343 e. The van der Waals surface area contributed by atoms with Gasteiger partial charge in [0, 0.05) is 48.4 Å². The molecule has 4 aromatic rings. The predicted molar refractivity (Wildman–Crippen MR) is 155 cm³/mol. The Morgan fingerprint density at radius 3 is 2.33 bits per heavy atom. The van der Waals surface area contributed by atoms with E-state index in [1.165, 1.54) is 12.1 Å². The molecule has 240 valence electrons. The van der Waals surface area contributed by atoms with Crippen LogP contribution in [0.3, 0.4) is 0 Å². The summed E-state index contributed by atoms with van der Waals surface area (Å²) < 4.78 is 105. The monoisotopic (exact) mass is 650 g/mol. The van der Waals surface area contributed by atoms with E-state index >= 15 is 0 Å². The van der Waals surface area contributed by atoms with E-state index in [0.29, 0.717) is 26.1 Å². The predicted octanol–water partition coefficient (Wildman–Crippen LogP) is 6.25. The molecule has 14 heteroatoms. The van der Waals surface area contributed by atoms with Crippen molar-refractivity contribution in [2.45, 2.75) is 50.3 Å². The SMILES string of the molecule is CCO[C@H]1CCN(Cc2c(OC)cc(C)c3[nH]ccc23)C(c2ccc(C(=O)Oc3c(F)c(F)c(S(=O)(=O)O)c(F)c3F)cc2)C1. The first-order chi connectivity index (χ1) is 21.3. The van der Waals surface area contributed by atoms with Gasteiger partial charge < -0.3 is 19.2 Å². The Balaban J connectivity index is 1.43. The number of halogens is 4. The van der Waals surface area contributed by atoms with Crippen LogP contribution in [0.4, 0.5) is 17.6 Å². The molecule has 0 spiro atoms. The first-order valence-corrected chi connectivity index (χ1v) is 15.4. The van der Waals surface area contributed by atoms with Gasteiger partial charge in [-0.2, -0.15) is 17.2 Å². The van der Waals surface area contributed by atoms with E-state index in [2.05, 4.69) is 14.6 Å². The van der Waals surface area contributed by atoms with Crippen LogP contribution in [0.25, 0.3) is 10.9 Å². The first-order valence-electron chi connectivity index (χ1n) is 14.0. The maximum absolute atomic E-state index is 14.4. The zero-order chi connectivity index (χ0) is 32.6. The Bertz CT molecular complexity index is 1830. The normalized spacial score (nSPS) is 17.5. The number of hydrogen-bond acceptors (Lipinski definition) is 7. The van der Waals surface area contributed by atoms with Crippen molar-refractivity contribution in [2.24, 2.45) is 0 Å². The number of ether oxygens (including phenoxy) is 3. The molecule has 1 aliphatic heterocycles. The Hall–Kier alpha value is -3.98. The molecule has 0 saturated carbocycles. The Kier molecular flexibility index (Phi) is 9.21. The lowest BCUT2D eigenvalue weighted by Crippen LogP contribution is -2.39. The van der Waals surface area contributed by atoms with Crippen molar-refractivity contribution in [1.82, 2.24) is 9.88 Å². The second-order valence-electron chi connectivity index (χ2n) is 10.6. The molecular formula is C31H30F4N2O7S. The van der Waals surface area contributed by atoms with E-state index in [1.54, 1.807) is 19.2 Å². The maximum Gasteiger partial charge on any atom is 0.343 e. The summed E-state index contributed by atoms with van der Waals surface area (Å²) in [7, 11) is -4.04. The highest BCUT2D eigenvalue weighted by atomic mass is 32.2. The fraction of sp³-hybridized carbons (Fsp3) is 0.323. The van der Waals surface area contributed by atoms with E-state index in [4.69, 9.17) is 14.0 Å². The van der Waals surface area contributed by atoms with E-state index in [-0.39, 0.29) is 17.7 Å². The highest BCUT2D eigenvalue weighted by Crippen LogP contribution is 2.38. The van der Waals surface area contributed by atoms with E-state index in [9.17, 15) is 30.8 Å². The summed E-state index contributed by atoms with van der Waals surface area (Å²) in [5.41, 5.74) is 3.66. The van der Waals surface area contributed by atoms with Crippen molar-refractivity contribution >= 4 is 27.0 Å². The molecule has 3 aromatic carbocycles. The Morgan fingerprint density at radius 2 is 1.73 bits per heavy atom. The van der Waals surface area contributed by atoms with Crippen LogP contribution in [0.15, 0.2) is 47.5 Å². The number of piperidine rings is 1. The second kappa shape index (κ2) is 12.8. The number of fused-ring (bicyclic) bond motifs is 1. The zero-order valence-corrected chi connectivity index (χ0v) is 25.3. The van der Waals surface area contributed by atoms with Gasteiger partial charge in [-0.15, -0.1) is 0 Å². The summed E-state index contributed by atoms with van der Waals surface area (Å²) in [4.78, 5) is 16.1. The molecule has 9 nitrogen and oxygen atoms in total. The number of nitrogens with one attached hydrogen (secondary N) is 1. The fourth-order valence-corrected chi connectivity index (χ4v) is 6.42. The van der Waals surface area contributed by atoms with Crippen LogP contribution < -0.4 is 9.47 Å². The van der Waals surface area contributed by atoms with Gasteiger partial charge in [0.1, 0.15) is 5.75 Å². The minimum atomic E-state index is -5.66. The molecule has 0 radical (unpaired) electrons. The lowest BCUT2D eigenvalue weighted by Gasteiger charge is -2.40. The van der Waals surface area contributed by atoms with Crippen LogP contribution >= 0.6 is 0 Å². The maximum atomic E-state index is 14.4. The molecule has 0 bridgehead atoms. The minimum absolute atomic E-state index is 0.0190. The van der Waals surface area contributed by atoms with Crippen LogP contribution in [0, 0.1) is 30.2 Å². The lowest BCUT2D eigenvalue weighted by molar-refractivity contribution is -0.0138. The molecule has 1 aromatic heterocycles. The zero-order valence-electron chi connectivity index (χ0n) is 24.5. The standard InChI is InChI=1S/C31H30F4N2O7S/c1-4-43-19-10-12-37(15-21-20-9-11-36-28(20)16(2)13-23(21)42-3)22(14-19)17-5-7-18(8-6-17)31(38)44-29-24(32)26(34)30(45(39,40)41)27(35)25(29)33/h5-9,11,13,19,22,36H,4,10,12,14-15H2,1-3H3,(H,39,40,41)/t19-,22?/m0/s1. The summed E-state index contributed by atoms with van der Waals surface area (Å²) in [6.45, 7) is 5.69. The number of aromatic nitrogens is 1. The third kappa shape index (κ3) is 6.27. The number of rotatable bonds is 9. The number of carbonyl (C=O) groups is 1. The number of H-pyrrole nitrogens is 1. The summed E-state index contributed by atoms with van der Waals surface area (Å²) >= 11 is 0. The van der Waals surface area contributed by atoms with Gasteiger partial charge in [-0.3, -0.25) is 9.45 Å². The van der Waals surface area contributed by atoms with Crippen LogP contribution in [0.1, 0.15) is 52.9 Å². The van der Waals surface area contributed by atoms with Crippen LogP contribution in [0.5, 0.6) is 11.5 Å². The number of benzene rings is 3. The number of aromatic amines is 1. The number of carbonyl (C=O) groups excluding carboxylic acids is 1. The van der Waals surface area contributed by atoms with Gasteiger partial charge in [-0.05, 0) is 62.1 Å². The average Bonchev–Trinajstić information content (AvgIpc) is 3.51. The van der Waals surface area contributed by atoms with Crippen molar-refractivity contribution in [1.29, 1.82) is 0 Å². The number of hydrogen-bond donors (Lipinski definition) is 2. The quantitative estimate of drug-likeness (QED) is 0.0718. The summed E-state index contributed by atoms with van der Waals surface area (Å²) in [6.07, 6.45) is 3.28. The van der Waals surface area contributed by atoms with E-state index in [0.717, 1.165) is 39.8 Å². The first kappa shape index (κ1) is 32.4. The second-order valence-corrected chi connectivity index (χ2v) is 12.0. The topological polar surface area (TPSA) is 118 Å². The van der Waals surface area contributed by atoms with E-state index < -0.39 is 50.0 Å². The van der Waals surface area contributed by atoms with Crippen LogP contribution in [-0.4, -0.2) is 55.2 Å². The highest BCUT2D eigenvalue weighted by molar-refractivity contribution is 7.85. The van der Waals surface area contributed by atoms with Crippen LogP contribution in [-0.2, 0) is 21.4 Å². The molecule has 5 rings (SSSR count). The minimum Gasteiger partial charge on any atom is -0.496 e. The average molecular weight is 651 g/mol. The molecule has 2 atom stereocenters. The molecule has 45 heavy (non-hydrogen) atoms.